The van der Waals surface area contributed by atoms with E-state index in [4.69, 9.17) is 0 Å². The topological polar surface area (TPSA) is 84.2 Å². The van der Waals surface area contributed by atoms with E-state index in [1.807, 2.05) is 33.0 Å². The number of nitrogens with one attached hydrogen (secondary N) is 1. The molecule has 1 fully saturated rings. The number of carbonyl (C=O) groups is 2. The number of amides is 1. The van der Waals surface area contributed by atoms with Crippen LogP contribution in [0.25, 0.3) is 0 Å². The van der Waals surface area contributed by atoms with Crippen LogP contribution in [0, 0.1) is 37.5 Å². The highest BCUT2D eigenvalue weighted by Gasteiger charge is 2.51. The lowest BCUT2D eigenvalue weighted by Crippen LogP contribution is -2.36. The lowest BCUT2D eigenvalue weighted by molar-refractivity contribution is -0.146. The van der Waals surface area contributed by atoms with Gasteiger partial charge in [0.05, 0.1) is 28.9 Å². The fourth-order valence-corrected chi connectivity index (χ4v) is 3.68. The van der Waals surface area contributed by atoms with E-state index in [0.29, 0.717) is 5.69 Å². The second-order valence-electron chi connectivity index (χ2n) is 6.00. The summed E-state index contributed by atoms with van der Waals surface area (Å²) in [7, 11) is 1.82. The van der Waals surface area contributed by atoms with Crippen molar-refractivity contribution in [1.82, 2.24) is 9.78 Å². The number of carbonyl (C=O) groups excluding carboxylic acids is 1. The van der Waals surface area contributed by atoms with Crippen LogP contribution in [0.2, 0.25) is 0 Å². The molecule has 21 heavy (non-hydrogen) atoms. The van der Waals surface area contributed by atoms with Gasteiger partial charge in [0, 0.05) is 7.05 Å². The van der Waals surface area contributed by atoms with Crippen LogP contribution < -0.4 is 5.32 Å². The summed E-state index contributed by atoms with van der Waals surface area (Å²) in [5.74, 6) is -2.17. The van der Waals surface area contributed by atoms with Gasteiger partial charge in [-0.25, -0.2) is 0 Å². The summed E-state index contributed by atoms with van der Waals surface area (Å²) in [6.07, 6.45) is 4.69. The summed E-state index contributed by atoms with van der Waals surface area (Å²) in [6, 6.07) is 0. The minimum Gasteiger partial charge on any atom is -0.481 e. The maximum Gasteiger partial charge on any atom is 0.307 e. The van der Waals surface area contributed by atoms with Crippen molar-refractivity contribution in [2.45, 2.75) is 20.3 Å². The molecular formula is C15H19N3O3. The number of carboxylic acids is 1. The van der Waals surface area contributed by atoms with Crippen molar-refractivity contribution in [3.63, 3.8) is 0 Å². The molecule has 1 aromatic rings. The zero-order valence-electron chi connectivity index (χ0n) is 12.3. The third-order valence-electron chi connectivity index (χ3n) is 4.80. The average molecular weight is 289 g/mol. The number of rotatable bonds is 3. The maximum atomic E-state index is 12.6. The zero-order chi connectivity index (χ0) is 15.3. The van der Waals surface area contributed by atoms with E-state index in [1.165, 1.54) is 0 Å². The number of hydrogen-bond acceptors (Lipinski definition) is 3. The molecule has 1 aromatic heterocycles. The quantitative estimate of drug-likeness (QED) is 0.826. The molecule has 6 heteroatoms. The standard InChI is InChI=1S/C15H19N3O3/c1-7-13(8(2)18(3)17-7)16-14(19)11-9-4-5-10(6-9)12(11)15(20)21/h4-5,9-12H,6H2,1-3H3,(H,16,19)(H,20,21). The molecular weight excluding hydrogens is 270 g/mol. The van der Waals surface area contributed by atoms with Gasteiger partial charge in [-0.05, 0) is 32.1 Å². The second kappa shape index (κ2) is 4.72. The van der Waals surface area contributed by atoms with Gasteiger partial charge in [0.2, 0.25) is 5.91 Å². The number of fused-ring (bicyclic) bond motifs is 2. The molecule has 4 atom stereocenters. The Balaban J connectivity index is 1.85. The van der Waals surface area contributed by atoms with Gasteiger partial charge in [-0.3, -0.25) is 14.3 Å². The van der Waals surface area contributed by atoms with Crippen LogP contribution in [-0.2, 0) is 16.6 Å². The molecule has 0 spiro atoms. The van der Waals surface area contributed by atoms with Gasteiger partial charge in [0.1, 0.15) is 0 Å². The summed E-state index contributed by atoms with van der Waals surface area (Å²) in [4.78, 5) is 24.1. The molecule has 2 N–H and O–H groups in total. The minimum absolute atomic E-state index is 0.0145. The van der Waals surface area contributed by atoms with Gasteiger partial charge < -0.3 is 10.4 Å². The molecule has 2 aliphatic rings. The Hall–Kier alpha value is -2.11. The number of aliphatic carboxylic acids is 1. The molecule has 1 amide bonds. The predicted octanol–water partition coefficient (Wildman–Crippen LogP) is 1.50. The normalized spacial score (nSPS) is 29.9. The fourth-order valence-electron chi connectivity index (χ4n) is 3.68. The van der Waals surface area contributed by atoms with Gasteiger partial charge in [0.15, 0.2) is 0 Å². The first-order valence-corrected chi connectivity index (χ1v) is 7.12. The highest BCUT2D eigenvalue weighted by Crippen LogP contribution is 2.48. The second-order valence-corrected chi connectivity index (χ2v) is 6.00. The number of carboxylic acid groups (broad SMARTS) is 1. The lowest BCUT2D eigenvalue weighted by atomic mass is 9.82. The maximum absolute atomic E-state index is 12.6. The van der Waals surface area contributed by atoms with Crippen LogP contribution >= 0.6 is 0 Å². The number of anilines is 1. The van der Waals surface area contributed by atoms with Gasteiger partial charge in [-0.2, -0.15) is 5.10 Å². The molecule has 2 bridgehead atoms. The Labute approximate surface area is 122 Å². The molecule has 6 nitrogen and oxygen atoms in total. The smallest absolute Gasteiger partial charge is 0.307 e. The number of aryl methyl sites for hydroxylation is 2. The first kappa shape index (κ1) is 13.9. The Morgan fingerprint density at radius 3 is 2.43 bits per heavy atom. The molecule has 0 aromatic carbocycles. The summed E-state index contributed by atoms with van der Waals surface area (Å²) < 4.78 is 1.71. The van der Waals surface area contributed by atoms with Crippen LogP contribution in [0.4, 0.5) is 5.69 Å². The van der Waals surface area contributed by atoms with Crippen molar-refractivity contribution in [1.29, 1.82) is 0 Å². The largest absolute Gasteiger partial charge is 0.481 e. The third kappa shape index (κ3) is 2.05. The zero-order valence-corrected chi connectivity index (χ0v) is 12.3. The van der Waals surface area contributed by atoms with Gasteiger partial charge in [-0.15, -0.1) is 0 Å². The van der Waals surface area contributed by atoms with Crippen LogP contribution in [-0.4, -0.2) is 26.8 Å². The lowest BCUT2D eigenvalue weighted by Gasteiger charge is -2.23. The Morgan fingerprint density at radius 2 is 1.90 bits per heavy atom. The van der Waals surface area contributed by atoms with E-state index in [1.54, 1.807) is 4.68 Å². The Morgan fingerprint density at radius 1 is 1.29 bits per heavy atom. The molecule has 1 saturated carbocycles. The molecule has 1 heterocycles. The minimum atomic E-state index is -0.883. The number of allylic oxidation sites excluding steroid dienone is 2. The number of hydrogen-bond donors (Lipinski definition) is 2. The number of aromatic nitrogens is 2. The first-order chi connectivity index (χ1) is 9.90. The Kier molecular flexibility index (Phi) is 3.11. The van der Waals surface area contributed by atoms with E-state index in [-0.39, 0.29) is 17.7 Å². The summed E-state index contributed by atoms with van der Waals surface area (Å²) in [6.45, 7) is 3.71. The molecule has 0 aliphatic heterocycles. The molecule has 2 aliphatic carbocycles. The fraction of sp³-hybridized carbons (Fsp3) is 0.533. The van der Waals surface area contributed by atoms with E-state index in [2.05, 4.69) is 10.4 Å². The monoisotopic (exact) mass is 289 g/mol. The van der Waals surface area contributed by atoms with Crippen molar-refractivity contribution in [3.8, 4) is 0 Å². The molecule has 4 unspecified atom stereocenters. The molecule has 0 saturated heterocycles. The number of nitrogens with zero attached hydrogens (tertiary/aromatic N) is 2. The third-order valence-corrected chi connectivity index (χ3v) is 4.80. The van der Waals surface area contributed by atoms with Gasteiger partial charge in [-0.1, -0.05) is 12.2 Å². The summed E-state index contributed by atoms with van der Waals surface area (Å²) >= 11 is 0. The van der Waals surface area contributed by atoms with Crippen molar-refractivity contribution in [3.05, 3.63) is 23.5 Å². The van der Waals surface area contributed by atoms with Crippen LogP contribution in [0.1, 0.15) is 17.8 Å². The van der Waals surface area contributed by atoms with Gasteiger partial charge >= 0.3 is 5.97 Å². The van der Waals surface area contributed by atoms with E-state index >= 15 is 0 Å². The highest BCUT2D eigenvalue weighted by atomic mass is 16.4. The summed E-state index contributed by atoms with van der Waals surface area (Å²) in [5.41, 5.74) is 2.30. The van der Waals surface area contributed by atoms with Crippen molar-refractivity contribution < 1.29 is 14.7 Å². The molecule has 112 valence electrons. The van der Waals surface area contributed by atoms with E-state index in [9.17, 15) is 14.7 Å². The van der Waals surface area contributed by atoms with Crippen molar-refractivity contribution in [2.75, 3.05) is 5.32 Å². The summed E-state index contributed by atoms with van der Waals surface area (Å²) in [5, 5.41) is 16.6. The molecule has 3 rings (SSSR count). The average Bonchev–Trinajstić information content (AvgIpc) is 3.08. The highest BCUT2D eigenvalue weighted by molar-refractivity contribution is 5.97. The van der Waals surface area contributed by atoms with E-state index in [0.717, 1.165) is 17.8 Å². The van der Waals surface area contributed by atoms with Crippen molar-refractivity contribution in [2.24, 2.45) is 30.7 Å². The van der Waals surface area contributed by atoms with Crippen LogP contribution in [0.15, 0.2) is 12.2 Å². The predicted molar refractivity (Wildman–Crippen MR) is 76.7 cm³/mol. The Bertz CT molecular complexity index is 647. The van der Waals surface area contributed by atoms with Crippen LogP contribution in [0.3, 0.4) is 0 Å². The van der Waals surface area contributed by atoms with Crippen LogP contribution in [0.5, 0.6) is 0 Å². The van der Waals surface area contributed by atoms with Crippen molar-refractivity contribution >= 4 is 17.6 Å². The first-order valence-electron chi connectivity index (χ1n) is 7.12. The van der Waals surface area contributed by atoms with E-state index < -0.39 is 17.8 Å². The molecule has 0 radical (unpaired) electrons. The SMILES string of the molecule is Cc1nn(C)c(C)c1NC(=O)C1C2C=CC(C2)C1C(=O)O. The van der Waals surface area contributed by atoms with Gasteiger partial charge in [0.25, 0.3) is 0 Å².